The third-order valence-electron chi connectivity index (χ3n) is 4.57. The van der Waals surface area contributed by atoms with Crippen LogP contribution in [0, 0.1) is 0 Å². The second-order valence-corrected chi connectivity index (χ2v) is 8.66. The smallest absolute Gasteiger partial charge is 0.271 e. The van der Waals surface area contributed by atoms with Gasteiger partial charge in [0.2, 0.25) is 0 Å². The van der Waals surface area contributed by atoms with Crippen molar-refractivity contribution in [1.29, 1.82) is 0 Å². The normalized spacial score (nSPS) is 10.8. The number of hydrogen-bond acceptors (Lipinski definition) is 5. The Bertz CT molecular complexity index is 1240. The fourth-order valence-electron chi connectivity index (χ4n) is 2.89. The van der Waals surface area contributed by atoms with E-state index in [2.05, 4.69) is 17.1 Å². The Balaban J connectivity index is 1.65. The first-order valence-electron chi connectivity index (χ1n) is 10.1. The van der Waals surface area contributed by atoms with Gasteiger partial charge in [0.15, 0.2) is 17.2 Å². The Morgan fingerprint density at radius 2 is 1.71 bits per heavy atom. The molecule has 0 radical (unpaired) electrons. The number of hydrazone groups is 1. The number of carbonyl (C=O) groups is 1. The van der Waals surface area contributed by atoms with Gasteiger partial charge >= 0.3 is 0 Å². The highest BCUT2D eigenvalue weighted by molar-refractivity contribution is 6.37. The average molecular weight is 554 g/mol. The summed E-state index contributed by atoms with van der Waals surface area (Å²) in [6.07, 6.45) is 3.02. The largest absolute Gasteiger partial charge is 0.493 e. The molecule has 0 heterocycles. The molecule has 0 atom stereocenters. The molecule has 3 rings (SSSR count). The van der Waals surface area contributed by atoms with Crippen LogP contribution in [0.2, 0.25) is 20.1 Å². The van der Waals surface area contributed by atoms with Gasteiger partial charge < -0.3 is 14.2 Å². The number of carbonyl (C=O) groups excluding carboxylic acids is 1. The molecule has 3 aromatic carbocycles. The van der Waals surface area contributed by atoms with Crippen molar-refractivity contribution < 1.29 is 19.0 Å². The molecule has 1 amide bonds. The molecule has 10 heteroatoms. The van der Waals surface area contributed by atoms with Gasteiger partial charge in [0.1, 0.15) is 13.2 Å². The first-order chi connectivity index (χ1) is 16.8. The van der Waals surface area contributed by atoms with E-state index in [-0.39, 0.29) is 16.7 Å². The highest BCUT2D eigenvalue weighted by Gasteiger charge is 2.12. The first kappa shape index (κ1) is 26.7. The molecule has 0 unspecified atom stereocenters. The molecule has 1 N–H and O–H groups in total. The van der Waals surface area contributed by atoms with Crippen molar-refractivity contribution in [2.45, 2.75) is 6.61 Å². The maximum absolute atomic E-state index is 12.5. The molecule has 0 bridgehead atoms. The Hall–Kier alpha value is -2.90. The summed E-state index contributed by atoms with van der Waals surface area (Å²) in [5, 5.41) is 5.52. The zero-order valence-corrected chi connectivity index (χ0v) is 21.5. The van der Waals surface area contributed by atoms with Crippen LogP contribution in [0.4, 0.5) is 0 Å². The summed E-state index contributed by atoms with van der Waals surface area (Å²) in [6, 6.07) is 13.1. The first-order valence-corrected chi connectivity index (χ1v) is 11.6. The van der Waals surface area contributed by atoms with E-state index in [1.54, 1.807) is 54.6 Å². The van der Waals surface area contributed by atoms with E-state index < -0.39 is 5.91 Å². The molecule has 6 nitrogen and oxygen atoms in total. The number of halogens is 4. The van der Waals surface area contributed by atoms with Crippen molar-refractivity contribution >= 4 is 58.5 Å². The van der Waals surface area contributed by atoms with Gasteiger partial charge in [-0.15, -0.1) is 0 Å². The Morgan fingerprint density at radius 3 is 2.37 bits per heavy atom. The number of benzene rings is 3. The second kappa shape index (κ2) is 12.7. The van der Waals surface area contributed by atoms with E-state index >= 15 is 0 Å². The van der Waals surface area contributed by atoms with Crippen LogP contribution in [-0.2, 0) is 6.61 Å². The topological polar surface area (TPSA) is 69.2 Å². The summed E-state index contributed by atoms with van der Waals surface area (Å²) in [7, 11) is 1.49. The lowest BCUT2D eigenvalue weighted by atomic mass is 10.2. The number of methoxy groups -OCH3 is 1. The molecule has 0 aliphatic carbocycles. The zero-order valence-electron chi connectivity index (χ0n) is 18.5. The molecule has 0 aliphatic heterocycles. The minimum Gasteiger partial charge on any atom is -0.493 e. The summed E-state index contributed by atoms with van der Waals surface area (Å²) in [4.78, 5) is 12.5. The Kier molecular flexibility index (Phi) is 9.69. The number of nitrogens with zero attached hydrogens (tertiary/aromatic N) is 1. The maximum Gasteiger partial charge on any atom is 0.271 e. The fraction of sp³-hybridized carbons (Fsp3) is 0.120. The SMILES string of the molecule is C=CCOc1ccc(C(=O)N/N=C/c2cc(Cl)c(OCc3ccc(Cl)cc3Cl)c(Cl)c2)cc1OC. The van der Waals surface area contributed by atoms with Crippen molar-refractivity contribution in [1.82, 2.24) is 5.43 Å². The number of ether oxygens (including phenoxy) is 3. The van der Waals surface area contributed by atoms with Crippen molar-refractivity contribution in [3.63, 3.8) is 0 Å². The molecule has 35 heavy (non-hydrogen) atoms. The molecule has 0 fully saturated rings. The van der Waals surface area contributed by atoms with E-state index in [1.807, 2.05) is 0 Å². The quantitative estimate of drug-likeness (QED) is 0.163. The standard InChI is InChI=1S/C25H20Cl4N2O4/c1-3-8-34-22-7-5-16(11-23(22)33-2)25(32)31-30-13-15-9-20(28)24(21(29)10-15)35-14-17-4-6-18(26)12-19(17)27/h3-7,9-13H,1,8,14H2,2H3,(H,31,32)/b30-13+. The van der Waals surface area contributed by atoms with Gasteiger partial charge in [0, 0.05) is 21.2 Å². The third-order valence-corrected chi connectivity index (χ3v) is 5.72. The van der Waals surface area contributed by atoms with Crippen LogP contribution in [0.5, 0.6) is 17.2 Å². The van der Waals surface area contributed by atoms with Gasteiger partial charge in [0.05, 0.1) is 23.4 Å². The van der Waals surface area contributed by atoms with Gasteiger partial charge in [-0.25, -0.2) is 5.43 Å². The van der Waals surface area contributed by atoms with E-state index in [0.29, 0.717) is 45.0 Å². The van der Waals surface area contributed by atoms with E-state index in [9.17, 15) is 4.79 Å². The van der Waals surface area contributed by atoms with Crippen LogP contribution >= 0.6 is 46.4 Å². The van der Waals surface area contributed by atoms with E-state index in [4.69, 9.17) is 60.6 Å². The molecule has 3 aromatic rings. The summed E-state index contributed by atoms with van der Waals surface area (Å²) >= 11 is 24.8. The van der Waals surface area contributed by atoms with Crippen LogP contribution < -0.4 is 19.6 Å². The van der Waals surface area contributed by atoms with Crippen LogP contribution in [0.25, 0.3) is 0 Å². The average Bonchev–Trinajstić information content (AvgIpc) is 2.83. The highest BCUT2D eigenvalue weighted by atomic mass is 35.5. The van der Waals surface area contributed by atoms with Gasteiger partial charge in [-0.3, -0.25) is 4.79 Å². The third kappa shape index (κ3) is 7.29. The number of rotatable bonds is 10. The predicted octanol–water partition coefficient (Wildman–Crippen LogP) is 7.22. The Morgan fingerprint density at radius 1 is 0.971 bits per heavy atom. The summed E-state index contributed by atoms with van der Waals surface area (Å²) < 4.78 is 16.5. The van der Waals surface area contributed by atoms with Crippen LogP contribution in [0.1, 0.15) is 21.5 Å². The van der Waals surface area contributed by atoms with Crippen molar-refractivity contribution in [3.8, 4) is 17.2 Å². The molecular weight excluding hydrogens is 534 g/mol. The van der Waals surface area contributed by atoms with Crippen LogP contribution in [0.3, 0.4) is 0 Å². The van der Waals surface area contributed by atoms with Gasteiger partial charge in [-0.2, -0.15) is 5.10 Å². The zero-order chi connectivity index (χ0) is 25.4. The Labute approximate surface area is 223 Å². The van der Waals surface area contributed by atoms with Crippen molar-refractivity contribution in [3.05, 3.63) is 98.0 Å². The molecule has 0 aromatic heterocycles. The fourth-order valence-corrected chi connectivity index (χ4v) is 3.96. The lowest BCUT2D eigenvalue weighted by Gasteiger charge is -2.12. The second-order valence-electron chi connectivity index (χ2n) is 7.00. The van der Waals surface area contributed by atoms with Gasteiger partial charge in [0.25, 0.3) is 5.91 Å². The lowest BCUT2D eigenvalue weighted by molar-refractivity contribution is 0.0954. The van der Waals surface area contributed by atoms with Gasteiger partial charge in [-0.05, 0) is 48.0 Å². The molecule has 0 saturated carbocycles. The van der Waals surface area contributed by atoms with Crippen molar-refractivity contribution in [2.24, 2.45) is 5.10 Å². The highest BCUT2D eigenvalue weighted by Crippen LogP contribution is 2.35. The van der Waals surface area contributed by atoms with Crippen LogP contribution in [-0.4, -0.2) is 25.8 Å². The predicted molar refractivity (Wildman–Crippen MR) is 141 cm³/mol. The molecular formula is C25H20Cl4N2O4. The number of hydrogen-bond donors (Lipinski definition) is 1. The molecule has 0 aliphatic rings. The van der Waals surface area contributed by atoms with E-state index in [0.717, 1.165) is 5.56 Å². The number of amides is 1. The molecule has 182 valence electrons. The molecule has 0 spiro atoms. The lowest BCUT2D eigenvalue weighted by Crippen LogP contribution is -2.17. The van der Waals surface area contributed by atoms with E-state index in [1.165, 1.54) is 13.3 Å². The number of nitrogens with one attached hydrogen (secondary N) is 1. The monoisotopic (exact) mass is 552 g/mol. The molecule has 0 saturated heterocycles. The van der Waals surface area contributed by atoms with Gasteiger partial charge in [-0.1, -0.05) is 65.1 Å². The maximum atomic E-state index is 12.5. The minimum absolute atomic E-state index is 0.153. The van der Waals surface area contributed by atoms with Crippen molar-refractivity contribution in [2.75, 3.05) is 13.7 Å². The minimum atomic E-state index is -0.438. The summed E-state index contributed by atoms with van der Waals surface area (Å²) in [6.45, 7) is 4.07. The summed E-state index contributed by atoms with van der Waals surface area (Å²) in [5.74, 6) is 0.771. The summed E-state index contributed by atoms with van der Waals surface area (Å²) in [5.41, 5.74) is 4.07. The van der Waals surface area contributed by atoms with Crippen LogP contribution in [0.15, 0.2) is 66.3 Å².